The smallest absolute Gasteiger partial charge is 0.296 e. The molecule has 6 aromatic carbocycles. The van der Waals surface area contributed by atoms with Crippen LogP contribution in [0.2, 0.25) is 0 Å². The maximum Gasteiger partial charge on any atom is 0.296 e. The van der Waals surface area contributed by atoms with Crippen LogP contribution in [0.4, 0.5) is 0 Å². The summed E-state index contributed by atoms with van der Waals surface area (Å²) in [6.45, 7) is 3.51. The minimum atomic E-state index is -4.54. The van der Waals surface area contributed by atoms with Crippen LogP contribution < -0.4 is 9.87 Å². The van der Waals surface area contributed by atoms with E-state index < -0.39 is 35.2 Å². The molecule has 0 aliphatic carbocycles. The highest BCUT2D eigenvalue weighted by Gasteiger charge is 2.22. The summed E-state index contributed by atoms with van der Waals surface area (Å²) in [4.78, 5) is 24.1. The van der Waals surface area contributed by atoms with Crippen LogP contribution in [0.25, 0.3) is 67.3 Å². The minimum absolute atomic E-state index is 0.0478. The fourth-order valence-electron chi connectivity index (χ4n) is 6.45. The second kappa shape index (κ2) is 17.3. The molecule has 0 saturated heterocycles. The summed E-state index contributed by atoms with van der Waals surface area (Å²) in [5.74, 6) is 1.53. The molecule has 9 rings (SSSR count). The van der Waals surface area contributed by atoms with Gasteiger partial charge in [0.15, 0.2) is 16.8 Å². The molecule has 18 nitrogen and oxygen atoms in total. The van der Waals surface area contributed by atoms with Crippen molar-refractivity contribution in [3.63, 3.8) is 0 Å². The van der Waals surface area contributed by atoms with Crippen LogP contribution in [0.5, 0.6) is 5.75 Å². The van der Waals surface area contributed by atoms with Crippen molar-refractivity contribution in [2.24, 2.45) is 0 Å². The average Bonchev–Trinajstić information content (AvgIpc) is 3.98. The Balaban J connectivity index is 0.000000140. The van der Waals surface area contributed by atoms with E-state index in [0.29, 0.717) is 45.1 Å². The van der Waals surface area contributed by atoms with E-state index in [0.717, 1.165) is 28.3 Å². The molecule has 62 heavy (non-hydrogen) atoms. The third-order valence-electron chi connectivity index (χ3n) is 9.09. The fraction of sp³-hybridized carbons (Fsp3) is 0.0488. The van der Waals surface area contributed by atoms with E-state index in [-0.39, 0.29) is 26.6 Å². The molecule has 0 spiro atoms. The lowest BCUT2D eigenvalue weighted by molar-refractivity contribution is -0.438. The predicted molar refractivity (Wildman–Crippen MR) is 225 cm³/mol. The van der Waals surface area contributed by atoms with Crippen molar-refractivity contribution < 1.29 is 59.1 Å². The van der Waals surface area contributed by atoms with Gasteiger partial charge in [0, 0.05) is 23.3 Å². The molecule has 3 heterocycles. The minimum Gasteiger partial charge on any atom is -0.744 e. The molecule has 0 atom stereocenters. The van der Waals surface area contributed by atoms with Gasteiger partial charge in [-0.15, -0.1) is 0 Å². The number of imidazole rings is 3. The van der Waals surface area contributed by atoms with Crippen molar-refractivity contribution in [2.75, 3.05) is 0 Å². The van der Waals surface area contributed by atoms with E-state index in [1.165, 1.54) is 18.2 Å². The highest BCUT2D eigenvalue weighted by molar-refractivity contribution is 7.86. The number of hydrogen-bond acceptors (Lipinski definition) is 12. The highest BCUT2D eigenvalue weighted by Crippen LogP contribution is 2.31. The van der Waals surface area contributed by atoms with Crippen molar-refractivity contribution in [3.05, 3.63) is 139 Å². The Kier molecular flexibility index (Phi) is 12.1. The maximum atomic E-state index is 11.5. The van der Waals surface area contributed by atoms with Gasteiger partial charge in [-0.3, -0.25) is 9.11 Å². The monoisotopic (exact) mass is 898 g/mol. The van der Waals surface area contributed by atoms with Gasteiger partial charge in [-0.2, -0.15) is 16.8 Å². The number of aromatic nitrogens is 6. The number of hydrogen-bond donors (Lipinski definition) is 6. The number of rotatable bonds is 8. The van der Waals surface area contributed by atoms with Crippen LogP contribution in [0, 0.1) is 13.8 Å². The van der Waals surface area contributed by atoms with Gasteiger partial charge in [0.05, 0.1) is 16.6 Å². The average molecular weight is 899 g/mol. The van der Waals surface area contributed by atoms with Gasteiger partial charge in [-0.25, -0.2) is 33.6 Å². The van der Waals surface area contributed by atoms with E-state index in [2.05, 4.69) is 39.8 Å². The van der Waals surface area contributed by atoms with Crippen molar-refractivity contribution in [1.82, 2.24) is 24.9 Å². The number of nitrogens with zero attached hydrogens (tertiary/aromatic N) is 2. The Morgan fingerprint density at radius 3 is 1.47 bits per heavy atom. The van der Waals surface area contributed by atoms with E-state index in [4.69, 9.17) is 5.26 Å². The fourth-order valence-corrected chi connectivity index (χ4v) is 8.59. The Morgan fingerprint density at radius 2 is 1.00 bits per heavy atom. The second-order valence-corrected chi connectivity index (χ2v) is 17.7. The first-order chi connectivity index (χ1) is 29.4. The van der Waals surface area contributed by atoms with Gasteiger partial charge in [0.25, 0.3) is 26.1 Å². The first kappa shape index (κ1) is 43.3. The first-order valence-corrected chi connectivity index (χ1v) is 22.3. The van der Waals surface area contributed by atoms with Crippen molar-refractivity contribution in [3.8, 4) is 39.9 Å². The van der Waals surface area contributed by atoms with E-state index in [1.807, 2.05) is 66.7 Å². The summed E-state index contributed by atoms with van der Waals surface area (Å²) in [5, 5.41) is 11.8. The molecule has 0 aliphatic heterocycles. The van der Waals surface area contributed by atoms with Gasteiger partial charge in [0.2, 0.25) is 0 Å². The van der Waals surface area contributed by atoms with Crippen LogP contribution >= 0.6 is 0 Å². The largest absolute Gasteiger partial charge is 0.744 e. The Hall–Kier alpha value is -6.82. The molecule has 9 aromatic rings. The lowest BCUT2D eigenvalue weighted by Gasteiger charge is -2.06. The van der Waals surface area contributed by atoms with Crippen molar-refractivity contribution in [2.45, 2.75) is 28.5 Å². The molecule has 0 radical (unpaired) electrons. The van der Waals surface area contributed by atoms with Gasteiger partial charge in [0.1, 0.15) is 47.5 Å². The first-order valence-electron chi connectivity index (χ1n) is 18.0. The zero-order chi connectivity index (χ0) is 44.4. The van der Waals surface area contributed by atoms with Crippen LogP contribution in [0.1, 0.15) is 11.1 Å². The molecule has 21 heteroatoms. The number of aryl methyl sites for hydroxylation is 2. The lowest BCUT2D eigenvalue weighted by Crippen LogP contribution is -2.08. The number of H-pyrrole nitrogens is 4. The summed E-state index contributed by atoms with van der Waals surface area (Å²) >= 11 is 0. The molecule has 0 amide bonds. The summed E-state index contributed by atoms with van der Waals surface area (Å²) in [6.07, 6.45) is 0. The zero-order valence-corrected chi connectivity index (χ0v) is 34.7. The molecule has 0 fully saturated rings. The van der Waals surface area contributed by atoms with E-state index in [9.17, 15) is 38.9 Å². The Bertz CT molecular complexity index is 3260. The summed E-state index contributed by atoms with van der Waals surface area (Å²) in [7, 11) is -13.4. The van der Waals surface area contributed by atoms with Crippen molar-refractivity contribution >= 4 is 63.5 Å². The summed E-state index contributed by atoms with van der Waals surface area (Å²) in [6, 6.07) is 36.6. The molecule has 3 aromatic heterocycles. The molecule has 0 unspecified atom stereocenters. The molecule has 0 aliphatic rings. The SMILES string of the molecule is Cc1cc(S(=O)(=O)O)c2nc(-c3ccccc3)[nH]c2c1.Cc1cc(S(=O)(=O)[O-])c2[nH+]c(-c3ccccc3)[nH]c2c1.O=S(=O)(O)c1cc(OOO)cc2[nH]c(-c3ccccc3)nc12. The summed E-state index contributed by atoms with van der Waals surface area (Å²) in [5.41, 5.74) is 5.98. The van der Waals surface area contributed by atoms with Crippen LogP contribution in [0.3, 0.4) is 0 Å². The number of nitrogens with one attached hydrogen (secondary N) is 4. The third kappa shape index (κ3) is 9.70. The Labute approximate surface area is 353 Å². The number of aromatic amines is 4. The molecule has 0 bridgehead atoms. The number of benzene rings is 6. The molecular formula is C41H34N6O12S3. The van der Waals surface area contributed by atoms with Crippen LogP contribution in [-0.2, 0) is 35.4 Å². The van der Waals surface area contributed by atoms with Gasteiger partial charge in [-0.1, -0.05) is 78.9 Å². The second-order valence-electron chi connectivity index (χ2n) is 13.6. The van der Waals surface area contributed by atoms with Crippen molar-refractivity contribution in [1.29, 1.82) is 0 Å². The Morgan fingerprint density at radius 1 is 0.565 bits per heavy atom. The predicted octanol–water partition coefficient (Wildman–Crippen LogP) is 6.91. The molecular weight excluding hydrogens is 865 g/mol. The zero-order valence-electron chi connectivity index (χ0n) is 32.3. The van der Waals surface area contributed by atoms with E-state index >= 15 is 0 Å². The quantitative estimate of drug-likeness (QED) is 0.0513. The van der Waals surface area contributed by atoms with Gasteiger partial charge >= 0.3 is 0 Å². The maximum absolute atomic E-state index is 11.5. The van der Waals surface area contributed by atoms with E-state index in [1.54, 1.807) is 50.2 Å². The summed E-state index contributed by atoms with van der Waals surface area (Å²) < 4.78 is 98.6. The molecule has 318 valence electrons. The van der Waals surface area contributed by atoms with Crippen LogP contribution in [0.15, 0.2) is 142 Å². The number of fused-ring (bicyclic) bond motifs is 3. The topological polar surface area (TPSA) is 292 Å². The third-order valence-corrected chi connectivity index (χ3v) is 11.7. The molecule has 0 saturated carbocycles. The standard InChI is InChI=1S/2C14H12N2O3S.C13H10N2O6S/c2*1-9-7-11-13(12(8-9)20(17,18)19)16-14(15-11)10-5-3-2-4-6-10;16-21-20-9-6-10-12(11(7-9)22(17,18)19)15-13(14-10)8-4-2-1-3-5-8/h2*2-8H,1H3,(H,15,16)(H,17,18,19);1-7,16H,(H,14,15)(H,17,18,19). The molecule has 7 N–H and O–H groups in total. The van der Waals surface area contributed by atoms with Gasteiger partial charge in [-0.05, 0) is 66.4 Å². The lowest BCUT2D eigenvalue weighted by atomic mass is 10.2. The van der Waals surface area contributed by atoms with Gasteiger partial charge < -0.3 is 19.4 Å². The normalized spacial score (nSPS) is 11.8. The van der Waals surface area contributed by atoms with Crippen LogP contribution in [-0.4, -0.2) is 69.1 Å². The highest BCUT2D eigenvalue weighted by atomic mass is 32.2.